The number of amides is 1. The maximum atomic E-state index is 12.4. The van der Waals surface area contributed by atoms with Crippen molar-refractivity contribution in [2.24, 2.45) is 5.41 Å². The lowest BCUT2D eigenvalue weighted by Gasteiger charge is -2.38. The molecular formula is C17H24N4O2S. The molecule has 0 aliphatic carbocycles. The highest BCUT2D eigenvalue weighted by atomic mass is 32.1. The van der Waals surface area contributed by atoms with Gasteiger partial charge in [0.05, 0.1) is 19.3 Å². The average molecular weight is 348 g/mol. The number of thiophene rings is 1. The van der Waals surface area contributed by atoms with Crippen molar-refractivity contribution in [3.63, 3.8) is 0 Å². The lowest BCUT2D eigenvalue weighted by atomic mass is 9.83. The summed E-state index contributed by atoms with van der Waals surface area (Å²) in [5, 5.41) is 18.8. The molecule has 2 N–H and O–H groups in total. The predicted molar refractivity (Wildman–Crippen MR) is 95.1 cm³/mol. The van der Waals surface area contributed by atoms with Crippen molar-refractivity contribution in [1.82, 2.24) is 14.7 Å². The Bertz CT molecular complexity index is 670. The van der Waals surface area contributed by atoms with E-state index in [1.54, 1.807) is 22.2 Å². The number of hydrogen-bond donors (Lipinski definition) is 2. The van der Waals surface area contributed by atoms with Gasteiger partial charge in [0.1, 0.15) is 5.82 Å². The quantitative estimate of drug-likeness (QED) is 0.838. The molecule has 3 heterocycles. The van der Waals surface area contributed by atoms with E-state index in [4.69, 9.17) is 0 Å². The minimum absolute atomic E-state index is 0.0369. The number of carbonyl (C=O) groups excluding carboxylic acids is 1. The summed E-state index contributed by atoms with van der Waals surface area (Å²) in [7, 11) is 0. The van der Waals surface area contributed by atoms with Crippen LogP contribution in [0, 0.1) is 5.41 Å². The van der Waals surface area contributed by atoms with Gasteiger partial charge in [-0.05, 0) is 30.8 Å². The number of nitrogens with zero attached hydrogens (tertiary/aromatic N) is 3. The SMILES string of the molecule is CC1(CO)CCCN(CC(=O)Nc2ccnn2Cc2cccs2)C1. The normalized spacial score (nSPS) is 21.8. The number of piperidine rings is 1. The summed E-state index contributed by atoms with van der Waals surface area (Å²) in [6.45, 7) is 4.90. The van der Waals surface area contributed by atoms with E-state index >= 15 is 0 Å². The summed E-state index contributed by atoms with van der Waals surface area (Å²) >= 11 is 1.67. The number of likely N-dealkylation sites (tertiary alicyclic amines) is 1. The lowest BCUT2D eigenvalue weighted by molar-refractivity contribution is -0.118. The minimum atomic E-state index is -0.0977. The van der Waals surface area contributed by atoms with Gasteiger partial charge in [-0.3, -0.25) is 9.69 Å². The van der Waals surface area contributed by atoms with Gasteiger partial charge in [0.15, 0.2) is 0 Å². The van der Waals surface area contributed by atoms with Crippen LogP contribution in [0.1, 0.15) is 24.6 Å². The molecule has 1 aliphatic heterocycles. The Labute approximate surface area is 146 Å². The molecule has 2 aromatic heterocycles. The molecule has 1 fully saturated rings. The van der Waals surface area contributed by atoms with Crippen LogP contribution >= 0.6 is 11.3 Å². The fourth-order valence-electron chi connectivity index (χ4n) is 3.19. The lowest BCUT2D eigenvalue weighted by Crippen LogP contribution is -2.46. The van der Waals surface area contributed by atoms with Gasteiger partial charge < -0.3 is 10.4 Å². The zero-order valence-corrected chi connectivity index (χ0v) is 14.8. The Morgan fingerprint density at radius 2 is 2.38 bits per heavy atom. The third-order valence-electron chi connectivity index (χ3n) is 4.48. The van der Waals surface area contributed by atoms with Crippen molar-refractivity contribution in [2.45, 2.75) is 26.3 Å². The Hall–Kier alpha value is -1.70. The average Bonchev–Trinajstić information content (AvgIpc) is 3.20. The van der Waals surface area contributed by atoms with Crippen molar-refractivity contribution >= 4 is 23.1 Å². The highest BCUT2D eigenvalue weighted by Crippen LogP contribution is 2.28. The van der Waals surface area contributed by atoms with Crippen LogP contribution in [0.25, 0.3) is 0 Å². The number of rotatable bonds is 6. The van der Waals surface area contributed by atoms with Crippen LogP contribution in [0.4, 0.5) is 5.82 Å². The van der Waals surface area contributed by atoms with Crippen LogP contribution in [0.3, 0.4) is 0 Å². The van der Waals surface area contributed by atoms with E-state index in [1.165, 1.54) is 4.88 Å². The molecular weight excluding hydrogens is 324 g/mol. The molecule has 0 bridgehead atoms. The zero-order chi connectivity index (χ0) is 17.0. The van der Waals surface area contributed by atoms with Crippen molar-refractivity contribution in [3.8, 4) is 0 Å². The molecule has 6 nitrogen and oxygen atoms in total. The summed E-state index contributed by atoms with van der Waals surface area (Å²) < 4.78 is 1.80. The molecule has 3 rings (SSSR count). The van der Waals surface area contributed by atoms with Gasteiger partial charge in [-0.15, -0.1) is 11.3 Å². The van der Waals surface area contributed by atoms with Gasteiger partial charge in [0, 0.05) is 29.5 Å². The maximum Gasteiger partial charge on any atom is 0.239 e. The van der Waals surface area contributed by atoms with Crippen LogP contribution in [0.5, 0.6) is 0 Å². The molecule has 0 spiro atoms. The van der Waals surface area contributed by atoms with Gasteiger partial charge in [0.25, 0.3) is 0 Å². The topological polar surface area (TPSA) is 70.4 Å². The number of hydrogen-bond acceptors (Lipinski definition) is 5. The van der Waals surface area contributed by atoms with E-state index < -0.39 is 0 Å². The fraction of sp³-hybridized carbons (Fsp3) is 0.529. The largest absolute Gasteiger partial charge is 0.396 e. The van der Waals surface area contributed by atoms with E-state index in [-0.39, 0.29) is 17.9 Å². The van der Waals surface area contributed by atoms with Gasteiger partial charge in [-0.25, -0.2) is 4.68 Å². The van der Waals surface area contributed by atoms with Gasteiger partial charge in [-0.1, -0.05) is 13.0 Å². The second-order valence-electron chi connectivity index (χ2n) is 6.78. The van der Waals surface area contributed by atoms with Crippen LogP contribution in [-0.2, 0) is 11.3 Å². The predicted octanol–water partition coefficient (Wildman–Crippen LogP) is 2.03. The van der Waals surface area contributed by atoms with Crippen LogP contribution in [0.15, 0.2) is 29.8 Å². The highest BCUT2D eigenvalue weighted by molar-refractivity contribution is 7.09. The van der Waals surface area contributed by atoms with Crippen molar-refractivity contribution in [3.05, 3.63) is 34.7 Å². The summed E-state index contributed by atoms with van der Waals surface area (Å²) in [5.74, 6) is 0.681. The Morgan fingerprint density at radius 3 is 3.12 bits per heavy atom. The van der Waals surface area contributed by atoms with Crippen LogP contribution in [0.2, 0.25) is 0 Å². The molecule has 130 valence electrons. The molecule has 0 saturated carbocycles. The van der Waals surface area contributed by atoms with E-state index in [2.05, 4.69) is 28.3 Å². The van der Waals surface area contributed by atoms with E-state index in [0.29, 0.717) is 13.1 Å². The first-order valence-electron chi connectivity index (χ1n) is 8.25. The molecule has 2 aromatic rings. The highest BCUT2D eigenvalue weighted by Gasteiger charge is 2.31. The summed E-state index contributed by atoms with van der Waals surface area (Å²) in [6, 6.07) is 5.89. The number of aliphatic hydroxyl groups is 1. The van der Waals surface area contributed by atoms with Gasteiger partial charge >= 0.3 is 0 Å². The number of nitrogens with one attached hydrogen (secondary N) is 1. The summed E-state index contributed by atoms with van der Waals surface area (Å²) in [4.78, 5) is 15.7. The molecule has 1 unspecified atom stereocenters. The van der Waals surface area contributed by atoms with E-state index in [9.17, 15) is 9.90 Å². The number of aromatic nitrogens is 2. The number of carbonyl (C=O) groups is 1. The van der Waals surface area contributed by atoms with Gasteiger partial charge in [-0.2, -0.15) is 5.10 Å². The molecule has 1 saturated heterocycles. The Kier molecular flexibility index (Phi) is 5.33. The van der Waals surface area contributed by atoms with Crippen molar-refractivity contribution in [1.29, 1.82) is 0 Å². The van der Waals surface area contributed by atoms with Crippen LogP contribution < -0.4 is 5.32 Å². The minimum Gasteiger partial charge on any atom is -0.396 e. The van der Waals surface area contributed by atoms with Crippen molar-refractivity contribution < 1.29 is 9.90 Å². The second kappa shape index (κ2) is 7.46. The molecule has 24 heavy (non-hydrogen) atoms. The second-order valence-corrected chi connectivity index (χ2v) is 7.82. The molecule has 1 atom stereocenters. The van der Waals surface area contributed by atoms with E-state index in [0.717, 1.165) is 31.7 Å². The molecule has 1 aliphatic rings. The van der Waals surface area contributed by atoms with Crippen molar-refractivity contribution in [2.75, 3.05) is 31.6 Å². The first kappa shape index (κ1) is 17.1. The molecule has 0 radical (unpaired) electrons. The maximum absolute atomic E-state index is 12.4. The molecule has 7 heteroatoms. The zero-order valence-electron chi connectivity index (χ0n) is 13.9. The number of anilines is 1. The third-order valence-corrected chi connectivity index (χ3v) is 5.34. The Morgan fingerprint density at radius 1 is 1.50 bits per heavy atom. The molecule has 0 aromatic carbocycles. The summed E-state index contributed by atoms with van der Waals surface area (Å²) in [6.07, 6.45) is 3.72. The van der Waals surface area contributed by atoms with Gasteiger partial charge in [0.2, 0.25) is 5.91 Å². The first-order valence-corrected chi connectivity index (χ1v) is 9.13. The first-order chi connectivity index (χ1) is 11.6. The summed E-state index contributed by atoms with van der Waals surface area (Å²) in [5.41, 5.74) is -0.0977. The fourth-order valence-corrected chi connectivity index (χ4v) is 3.88. The smallest absolute Gasteiger partial charge is 0.239 e. The van der Waals surface area contributed by atoms with E-state index in [1.807, 2.05) is 17.5 Å². The molecule has 1 amide bonds. The van der Waals surface area contributed by atoms with Crippen LogP contribution in [-0.4, -0.2) is 51.9 Å². The standard InChI is InChI=1S/C17H24N4O2S/c1-17(13-22)6-3-8-20(12-17)11-16(23)19-15-5-7-18-21(15)10-14-4-2-9-24-14/h2,4-5,7,9,22H,3,6,8,10-13H2,1H3,(H,19,23). The number of aliphatic hydroxyl groups excluding tert-OH is 1. The monoisotopic (exact) mass is 348 g/mol. The Balaban J connectivity index is 1.57. The third kappa shape index (κ3) is 4.23.